The number of carboxylic acid groups (broad SMARTS) is 1. The molecule has 0 heterocycles. The largest absolute Gasteiger partial charge is 0.478 e. The molecule has 0 aliphatic rings. The molecular weight excluding hydrogens is 239 g/mol. The second-order valence-electron chi connectivity index (χ2n) is 3.78. The van der Waals surface area contributed by atoms with Gasteiger partial charge >= 0.3 is 5.97 Å². The minimum atomic E-state index is -1.25. The van der Waals surface area contributed by atoms with Crippen LogP contribution in [0.5, 0.6) is 0 Å². The second-order valence-corrected chi connectivity index (χ2v) is 3.78. The molecule has 100 valence electrons. The number of likely N-dealkylation sites (N-methyl/N-ethyl adjacent to an activating group) is 1. The first kappa shape index (κ1) is 14.2. The van der Waals surface area contributed by atoms with Crippen molar-refractivity contribution in [3.8, 4) is 0 Å². The van der Waals surface area contributed by atoms with Gasteiger partial charge in [-0.1, -0.05) is 0 Å². The SMILES string of the molecule is CCOCCN(C)c1ccc(F)c(N)c1C(=O)O. The molecule has 18 heavy (non-hydrogen) atoms. The van der Waals surface area contributed by atoms with Crippen molar-refractivity contribution in [3.63, 3.8) is 0 Å². The molecule has 0 spiro atoms. The monoisotopic (exact) mass is 256 g/mol. The molecule has 0 aliphatic heterocycles. The highest BCUT2D eigenvalue weighted by Crippen LogP contribution is 2.27. The molecule has 0 atom stereocenters. The predicted molar refractivity (Wildman–Crippen MR) is 67.5 cm³/mol. The normalized spacial score (nSPS) is 10.4. The molecule has 6 heteroatoms. The number of aromatic carboxylic acids is 1. The van der Waals surface area contributed by atoms with Crippen LogP contribution in [0.4, 0.5) is 15.8 Å². The van der Waals surface area contributed by atoms with Crippen LogP contribution in [-0.4, -0.2) is 37.9 Å². The zero-order chi connectivity index (χ0) is 13.7. The van der Waals surface area contributed by atoms with Gasteiger partial charge in [0.1, 0.15) is 11.4 Å². The van der Waals surface area contributed by atoms with Crippen molar-refractivity contribution in [2.75, 3.05) is 37.4 Å². The van der Waals surface area contributed by atoms with E-state index in [0.29, 0.717) is 25.4 Å². The van der Waals surface area contributed by atoms with E-state index in [9.17, 15) is 9.18 Å². The lowest BCUT2D eigenvalue weighted by molar-refractivity contribution is 0.0698. The van der Waals surface area contributed by atoms with Crippen LogP contribution in [0.3, 0.4) is 0 Å². The number of rotatable bonds is 6. The number of nitrogen functional groups attached to an aromatic ring is 1. The van der Waals surface area contributed by atoms with Gasteiger partial charge in [-0.2, -0.15) is 0 Å². The van der Waals surface area contributed by atoms with Crippen molar-refractivity contribution < 1.29 is 19.0 Å². The van der Waals surface area contributed by atoms with Gasteiger partial charge in [-0.15, -0.1) is 0 Å². The fraction of sp³-hybridized carbons (Fsp3) is 0.417. The maximum absolute atomic E-state index is 13.3. The minimum Gasteiger partial charge on any atom is -0.478 e. The number of hydrogen-bond donors (Lipinski definition) is 2. The average Bonchev–Trinajstić information content (AvgIpc) is 2.32. The lowest BCUT2D eigenvalue weighted by Crippen LogP contribution is -2.25. The van der Waals surface area contributed by atoms with E-state index in [1.54, 1.807) is 11.9 Å². The van der Waals surface area contributed by atoms with Crippen LogP contribution in [0.25, 0.3) is 0 Å². The summed E-state index contributed by atoms with van der Waals surface area (Å²) in [4.78, 5) is 12.8. The summed E-state index contributed by atoms with van der Waals surface area (Å²) in [5, 5.41) is 9.09. The van der Waals surface area contributed by atoms with Gasteiger partial charge in [-0.25, -0.2) is 9.18 Å². The molecule has 0 radical (unpaired) electrons. The Bertz CT molecular complexity index is 438. The lowest BCUT2D eigenvalue weighted by atomic mass is 10.1. The average molecular weight is 256 g/mol. The first-order chi connectivity index (χ1) is 8.49. The number of carbonyl (C=O) groups is 1. The molecule has 1 rings (SSSR count). The molecule has 5 nitrogen and oxygen atoms in total. The van der Waals surface area contributed by atoms with Gasteiger partial charge in [0.05, 0.1) is 18.0 Å². The molecule has 0 aromatic heterocycles. The van der Waals surface area contributed by atoms with Gasteiger partial charge in [0.25, 0.3) is 0 Å². The first-order valence-electron chi connectivity index (χ1n) is 5.59. The first-order valence-corrected chi connectivity index (χ1v) is 5.59. The highest BCUT2D eigenvalue weighted by molar-refractivity contribution is 6.00. The molecule has 0 aliphatic carbocycles. The van der Waals surface area contributed by atoms with E-state index in [0.717, 1.165) is 6.07 Å². The molecule has 0 bridgehead atoms. The molecular formula is C12H17FN2O3. The zero-order valence-corrected chi connectivity index (χ0v) is 10.4. The molecule has 1 aromatic carbocycles. The topological polar surface area (TPSA) is 75.8 Å². The quantitative estimate of drug-likeness (QED) is 0.597. The lowest BCUT2D eigenvalue weighted by Gasteiger charge is -2.22. The van der Waals surface area contributed by atoms with Crippen molar-refractivity contribution >= 4 is 17.3 Å². The van der Waals surface area contributed by atoms with Gasteiger partial charge in [-0.3, -0.25) is 0 Å². The van der Waals surface area contributed by atoms with Crippen LogP contribution >= 0.6 is 0 Å². The second kappa shape index (κ2) is 6.20. The maximum Gasteiger partial charge on any atom is 0.340 e. The summed E-state index contributed by atoms with van der Waals surface area (Å²) >= 11 is 0. The standard InChI is InChI=1S/C12H17FN2O3/c1-3-18-7-6-15(2)9-5-4-8(13)11(14)10(9)12(16)17/h4-5H,3,6-7,14H2,1-2H3,(H,16,17). The molecule has 0 unspecified atom stereocenters. The highest BCUT2D eigenvalue weighted by Gasteiger charge is 2.19. The highest BCUT2D eigenvalue weighted by atomic mass is 19.1. The van der Waals surface area contributed by atoms with E-state index >= 15 is 0 Å². The summed E-state index contributed by atoms with van der Waals surface area (Å²) < 4.78 is 18.4. The fourth-order valence-electron chi connectivity index (χ4n) is 1.59. The van der Waals surface area contributed by atoms with Crippen LogP contribution < -0.4 is 10.6 Å². The third-order valence-corrected chi connectivity index (χ3v) is 2.57. The molecule has 0 saturated carbocycles. The van der Waals surface area contributed by atoms with Crippen molar-refractivity contribution in [2.24, 2.45) is 0 Å². The van der Waals surface area contributed by atoms with Crippen molar-refractivity contribution in [2.45, 2.75) is 6.92 Å². The Kier molecular flexibility index (Phi) is 4.91. The number of halogens is 1. The summed E-state index contributed by atoms with van der Waals surface area (Å²) in [5.74, 6) is -1.97. The molecule has 0 amide bonds. The number of benzene rings is 1. The predicted octanol–water partition coefficient (Wildman–Crippen LogP) is 1.58. The van der Waals surface area contributed by atoms with Gasteiger partial charge in [0.15, 0.2) is 0 Å². The number of nitrogens with zero attached hydrogens (tertiary/aromatic N) is 1. The van der Waals surface area contributed by atoms with Crippen molar-refractivity contribution in [1.29, 1.82) is 0 Å². The van der Waals surface area contributed by atoms with E-state index in [1.807, 2.05) is 6.92 Å². The van der Waals surface area contributed by atoms with Crippen LogP contribution in [0.2, 0.25) is 0 Å². The Morgan fingerprint density at radius 1 is 1.56 bits per heavy atom. The summed E-state index contributed by atoms with van der Waals surface area (Å²) in [7, 11) is 1.71. The number of anilines is 2. The Labute approximate surface area is 105 Å². The summed E-state index contributed by atoms with van der Waals surface area (Å²) in [5.41, 5.74) is 5.28. The van der Waals surface area contributed by atoms with Gasteiger partial charge < -0.3 is 20.5 Å². The van der Waals surface area contributed by atoms with Crippen molar-refractivity contribution in [1.82, 2.24) is 0 Å². The Morgan fingerprint density at radius 2 is 2.22 bits per heavy atom. The van der Waals surface area contributed by atoms with Crippen LogP contribution in [0, 0.1) is 5.82 Å². The molecule has 0 fully saturated rings. The van der Waals surface area contributed by atoms with Crippen LogP contribution in [-0.2, 0) is 4.74 Å². The van der Waals surface area contributed by atoms with Crippen molar-refractivity contribution in [3.05, 3.63) is 23.5 Å². The zero-order valence-electron chi connectivity index (χ0n) is 10.4. The van der Waals surface area contributed by atoms with Gasteiger partial charge in [-0.05, 0) is 19.1 Å². The summed E-state index contributed by atoms with van der Waals surface area (Å²) in [6, 6.07) is 2.56. The van der Waals surface area contributed by atoms with Crippen LogP contribution in [0.1, 0.15) is 17.3 Å². The molecule has 1 aromatic rings. The minimum absolute atomic E-state index is 0.214. The summed E-state index contributed by atoms with van der Waals surface area (Å²) in [6.45, 7) is 3.42. The Balaban J connectivity index is 3.01. The third-order valence-electron chi connectivity index (χ3n) is 2.57. The number of ether oxygens (including phenoxy) is 1. The van der Waals surface area contributed by atoms with E-state index in [2.05, 4.69) is 0 Å². The third kappa shape index (κ3) is 3.10. The Hall–Kier alpha value is -1.82. The van der Waals surface area contributed by atoms with E-state index in [-0.39, 0.29) is 11.3 Å². The van der Waals surface area contributed by atoms with E-state index in [4.69, 9.17) is 15.6 Å². The Morgan fingerprint density at radius 3 is 2.78 bits per heavy atom. The molecule has 0 saturated heterocycles. The van der Waals surface area contributed by atoms with Crippen LogP contribution in [0.15, 0.2) is 12.1 Å². The van der Waals surface area contributed by atoms with Gasteiger partial charge in [0.2, 0.25) is 0 Å². The number of carboxylic acids is 1. The van der Waals surface area contributed by atoms with E-state index in [1.165, 1.54) is 6.07 Å². The van der Waals surface area contributed by atoms with Gasteiger partial charge in [0, 0.05) is 20.2 Å². The number of hydrogen-bond acceptors (Lipinski definition) is 4. The smallest absolute Gasteiger partial charge is 0.340 e. The maximum atomic E-state index is 13.3. The van der Waals surface area contributed by atoms with E-state index < -0.39 is 11.8 Å². The fourth-order valence-corrected chi connectivity index (χ4v) is 1.59. The molecule has 3 N–H and O–H groups in total. The number of nitrogens with two attached hydrogens (primary N) is 1. The summed E-state index contributed by atoms with van der Waals surface area (Å²) in [6.07, 6.45) is 0.